The fraction of sp³-hybridized carbons (Fsp3) is 0.500. The van der Waals surface area contributed by atoms with Gasteiger partial charge in [0.15, 0.2) is 11.7 Å². The van der Waals surface area contributed by atoms with Gasteiger partial charge < -0.3 is 24.7 Å². The maximum Gasteiger partial charge on any atom is 0.287 e. The lowest BCUT2D eigenvalue weighted by atomic mass is 10.2. The molecular weight excluding hydrogens is 533 g/mol. The van der Waals surface area contributed by atoms with Crippen molar-refractivity contribution in [3.8, 4) is 5.75 Å². The van der Waals surface area contributed by atoms with Crippen molar-refractivity contribution in [1.29, 1.82) is 0 Å². The number of nitrogens with zero attached hydrogens (tertiary/aromatic N) is 3. The molecule has 0 bridgehead atoms. The second-order valence-corrected chi connectivity index (χ2v) is 7.77. The maximum absolute atomic E-state index is 12.1. The predicted octanol–water partition coefficient (Wildman–Crippen LogP) is 2.99. The van der Waals surface area contributed by atoms with Gasteiger partial charge in [0.25, 0.3) is 5.91 Å². The monoisotopic (exact) mass is 569 g/mol. The Balaban J connectivity index is 0.00000385. The SMILES string of the molecule is CCNC(=NCCCNC(=O)c1occc1C)N1CCN(CCOc2ccccc2)CC1.I. The Morgan fingerprint density at radius 1 is 1.12 bits per heavy atom. The number of aliphatic imine (C=N–C) groups is 1. The summed E-state index contributed by atoms with van der Waals surface area (Å²) in [5.74, 6) is 2.08. The minimum atomic E-state index is -0.171. The molecule has 1 saturated heterocycles. The van der Waals surface area contributed by atoms with E-state index in [2.05, 4.69) is 27.4 Å². The summed E-state index contributed by atoms with van der Waals surface area (Å²) in [5, 5.41) is 6.29. The molecule has 2 aromatic rings. The summed E-state index contributed by atoms with van der Waals surface area (Å²) < 4.78 is 11.0. The summed E-state index contributed by atoms with van der Waals surface area (Å²) in [6.07, 6.45) is 2.31. The molecule has 182 valence electrons. The van der Waals surface area contributed by atoms with E-state index in [1.54, 1.807) is 6.07 Å². The van der Waals surface area contributed by atoms with Crippen LogP contribution in [0.25, 0.3) is 0 Å². The van der Waals surface area contributed by atoms with E-state index >= 15 is 0 Å². The van der Waals surface area contributed by atoms with Crippen LogP contribution >= 0.6 is 24.0 Å². The number of furan rings is 1. The summed E-state index contributed by atoms with van der Waals surface area (Å²) in [5.41, 5.74) is 0.848. The van der Waals surface area contributed by atoms with E-state index in [9.17, 15) is 4.79 Å². The first-order valence-corrected chi connectivity index (χ1v) is 11.4. The van der Waals surface area contributed by atoms with Crippen LogP contribution in [0.2, 0.25) is 0 Å². The lowest BCUT2D eigenvalue weighted by Gasteiger charge is -2.36. The van der Waals surface area contributed by atoms with Crippen LogP contribution < -0.4 is 15.4 Å². The van der Waals surface area contributed by atoms with Crippen LogP contribution in [0, 0.1) is 6.92 Å². The standard InChI is InChI=1S/C24H35N5O3.HI/c1-3-25-24(27-12-7-11-26-23(30)22-20(2)10-18-32-22)29-15-13-28(14-16-29)17-19-31-21-8-5-4-6-9-21;/h4-6,8-10,18H,3,7,11-17,19H2,1-2H3,(H,25,27)(H,26,30);1H. The number of aryl methyl sites for hydroxylation is 1. The number of amides is 1. The third-order valence-electron chi connectivity index (χ3n) is 5.38. The predicted molar refractivity (Wildman–Crippen MR) is 142 cm³/mol. The molecule has 1 aliphatic rings. The minimum Gasteiger partial charge on any atom is -0.492 e. The second-order valence-electron chi connectivity index (χ2n) is 7.77. The highest BCUT2D eigenvalue weighted by molar-refractivity contribution is 14.0. The van der Waals surface area contributed by atoms with Gasteiger partial charge in [0.05, 0.1) is 6.26 Å². The molecule has 1 aromatic heterocycles. The van der Waals surface area contributed by atoms with E-state index < -0.39 is 0 Å². The van der Waals surface area contributed by atoms with E-state index in [4.69, 9.17) is 14.1 Å². The third kappa shape index (κ3) is 8.88. The largest absolute Gasteiger partial charge is 0.492 e. The number of ether oxygens (including phenoxy) is 1. The molecule has 2 N–H and O–H groups in total. The third-order valence-corrected chi connectivity index (χ3v) is 5.38. The zero-order valence-corrected chi connectivity index (χ0v) is 21.9. The molecule has 3 rings (SSSR count). The molecule has 0 atom stereocenters. The fourth-order valence-corrected chi connectivity index (χ4v) is 3.57. The zero-order valence-electron chi connectivity index (χ0n) is 19.6. The number of nitrogens with one attached hydrogen (secondary N) is 2. The second kappa shape index (κ2) is 14.8. The first-order valence-electron chi connectivity index (χ1n) is 11.4. The molecule has 33 heavy (non-hydrogen) atoms. The number of halogens is 1. The van der Waals surface area contributed by atoms with Gasteiger partial charge in [0, 0.05) is 57.9 Å². The Morgan fingerprint density at radius 3 is 2.55 bits per heavy atom. The van der Waals surface area contributed by atoms with Crippen molar-refractivity contribution in [2.45, 2.75) is 20.3 Å². The molecule has 1 aliphatic heterocycles. The summed E-state index contributed by atoms with van der Waals surface area (Å²) in [7, 11) is 0. The summed E-state index contributed by atoms with van der Waals surface area (Å²) in [6.45, 7) is 11.5. The Bertz CT molecular complexity index is 851. The van der Waals surface area contributed by atoms with Crippen molar-refractivity contribution in [1.82, 2.24) is 20.4 Å². The van der Waals surface area contributed by atoms with E-state index in [0.717, 1.165) is 63.0 Å². The number of carbonyl (C=O) groups is 1. The van der Waals surface area contributed by atoms with E-state index in [1.807, 2.05) is 37.3 Å². The Hall–Kier alpha value is -2.27. The van der Waals surface area contributed by atoms with Crippen molar-refractivity contribution in [2.75, 3.05) is 59.0 Å². The Morgan fingerprint density at radius 2 is 1.88 bits per heavy atom. The van der Waals surface area contributed by atoms with Crippen molar-refractivity contribution in [3.63, 3.8) is 0 Å². The summed E-state index contributed by atoms with van der Waals surface area (Å²) in [4.78, 5) is 21.6. The molecule has 9 heteroatoms. The lowest BCUT2D eigenvalue weighted by Crippen LogP contribution is -2.53. The Labute approximate surface area is 213 Å². The fourth-order valence-electron chi connectivity index (χ4n) is 3.57. The van der Waals surface area contributed by atoms with E-state index in [1.165, 1.54) is 6.26 Å². The van der Waals surface area contributed by atoms with Crippen LogP contribution in [0.1, 0.15) is 29.5 Å². The van der Waals surface area contributed by atoms with Crippen molar-refractivity contribution < 1.29 is 13.9 Å². The van der Waals surface area contributed by atoms with Crippen molar-refractivity contribution >= 4 is 35.8 Å². The van der Waals surface area contributed by atoms with Crippen LogP contribution in [0.3, 0.4) is 0 Å². The van der Waals surface area contributed by atoms with Crippen molar-refractivity contribution in [2.24, 2.45) is 4.99 Å². The normalized spacial score (nSPS) is 14.5. The van der Waals surface area contributed by atoms with Crippen LogP contribution in [-0.2, 0) is 0 Å². The van der Waals surface area contributed by atoms with Crippen LogP contribution in [0.15, 0.2) is 52.1 Å². The average Bonchev–Trinajstić information content (AvgIpc) is 3.25. The molecule has 1 aromatic carbocycles. The van der Waals surface area contributed by atoms with Crippen molar-refractivity contribution in [3.05, 3.63) is 54.0 Å². The van der Waals surface area contributed by atoms with Gasteiger partial charge in [-0.15, -0.1) is 24.0 Å². The number of hydrogen-bond donors (Lipinski definition) is 2. The number of hydrogen-bond acceptors (Lipinski definition) is 5. The van der Waals surface area contributed by atoms with Gasteiger partial charge in [-0.25, -0.2) is 0 Å². The van der Waals surface area contributed by atoms with E-state index in [0.29, 0.717) is 25.5 Å². The first kappa shape index (κ1) is 27.0. The number of rotatable bonds is 10. The molecule has 0 aliphatic carbocycles. The van der Waals surface area contributed by atoms with Gasteiger partial charge in [0.2, 0.25) is 0 Å². The number of para-hydroxylation sites is 1. The van der Waals surface area contributed by atoms with Gasteiger partial charge in [0.1, 0.15) is 12.4 Å². The van der Waals surface area contributed by atoms with E-state index in [-0.39, 0.29) is 29.9 Å². The molecule has 1 fully saturated rings. The molecule has 0 unspecified atom stereocenters. The molecule has 2 heterocycles. The summed E-state index contributed by atoms with van der Waals surface area (Å²) >= 11 is 0. The molecule has 0 radical (unpaired) electrons. The number of carbonyl (C=O) groups excluding carboxylic acids is 1. The highest BCUT2D eigenvalue weighted by Gasteiger charge is 2.19. The van der Waals surface area contributed by atoms with Crippen LogP contribution in [-0.4, -0.2) is 80.6 Å². The van der Waals surface area contributed by atoms with Gasteiger partial charge in [-0.05, 0) is 38.5 Å². The lowest BCUT2D eigenvalue weighted by molar-refractivity contribution is 0.0925. The smallest absolute Gasteiger partial charge is 0.287 e. The highest BCUT2D eigenvalue weighted by Crippen LogP contribution is 2.09. The summed E-state index contributed by atoms with van der Waals surface area (Å²) in [6, 6.07) is 11.7. The number of guanidine groups is 1. The molecule has 1 amide bonds. The maximum atomic E-state index is 12.1. The van der Waals surface area contributed by atoms with Gasteiger partial charge in [-0.2, -0.15) is 0 Å². The number of benzene rings is 1. The molecule has 0 saturated carbocycles. The topological polar surface area (TPSA) is 82.3 Å². The van der Waals surface area contributed by atoms with Crippen LogP contribution in [0.4, 0.5) is 0 Å². The minimum absolute atomic E-state index is 0. The average molecular weight is 569 g/mol. The highest BCUT2D eigenvalue weighted by atomic mass is 127. The van der Waals surface area contributed by atoms with Gasteiger partial charge in [-0.1, -0.05) is 18.2 Å². The molecule has 0 spiro atoms. The molecular formula is C24H36IN5O3. The quantitative estimate of drug-likeness (QED) is 0.198. The Kier molecular flexibility index (Phi) is 12.1. The van der Waals surface area contributed by atoms with Gasteiger partial charge in [-0.3, -0.25) is 14.7 Å². The van der Waals surface area contributed by atoms with Gasteiger partial charge >= 0.3 is 0 Å². The number of piperazine rings is 1. The zero-order chi connectivity index (χ0) is 22.6. The molecule has 8 nitrogen and oxygen atoms in total. The first-order chi connectivity index (χ1) is 15.7. The van der Waals surface area contributed by atoms with Crippen LogP contribution in [0.5, 0.6) is 5.75 Å².